The highest BCUT2D eigenvalue weighted by atomic mass is 16.4. The van der Waals surface area contributed by atoms with Crippen molar-refractivity contribution in [2.45, 2.75) is 115 Å². The number of amides is 1. The largest absolute Gasteiger partial charge is 0.481 e. The summed E-state index contributed by atoms with van der Waals surface area (Å²) in [6.07, 6.45) is 17.5. The summed E-state index contributed by atoms with van der Waals surface area (Å²) >= 11 is 0. The lowest BCUT2D eigenvalue weighted by Gasteiger charge is -2.31. The van der Waals surface area contributed by atoms with Crippen LogP contribution in [0.2, 0.25) is 0 Å². The molecule has 0 saturated heterocycles. The number of nitrogens with one attached hydrogen (secondary N) is 1. The van der Waals surface area contributed by atoms with Gasteiger partial charge in [-0.1, -0.05) is 120 Å². The average Bonchev–Trinajstić information content (AvgIpc) is 2.90. The monoisotopic (exact) mass is 547 g/mol. The lowest BCUT2D eigenvalue weighted by Crippen LogP contribution is -2.53. The standard InChI is InChI=1S/C31H49NO7/c1-2-3-4-5-6-7-8-9-10-11-12-13-14-18-21-26(31(39,24-33)23-28(34)35)29(36)32-27(30(37)38)22-25-19-16-15-17-20-25/h15-21,26-27,33,39H,2-14,22-24H2,1H3,(H,32,36)(H,34,35)(H,37,38)/b21-18+. The van der Waals surface area contributed by atoms with Gasteiger partial charge >= 0.3 is 11.9 Å². The fourth-order valence-electron chi connectivity index (χ4n) is 4.68. The summed E-state index contributed by atoms with van der Waals surface area (Å²) in [4.78, 5) is 36.3. The van der Waals surface area contributed by atoms with Crippen LogP contribution in [0.3, 0.4) is 0 Å². The Hall–Kier alpha value is -2.71. The minimum absolute atomic E-state index is 0.0215. The molecular weight excluding hydrogens is 498 g/mol. The Labute approximate surface area is 233 Å². The number of benzene rings is 1. The van der Waals surface area contributed by atoms with Gasteiger partial charge in [-0.2, -0.15) is 0 Å². The molecule has 0 aromatic heterocycles. The van der Waals surface area contributed by atoms with E-state index in [1.807, 2.05) is 0 Å². The number of aliphatic hydroxyl groups excluding tert-OH is 1. The zero-order chi connectivity index (χ0) is 28.9. The van der Waals surface area contributed by atoms with Crippen LogP contribution in [0.15, 0.2) is 42.5 Å². The molecule has 5 N–H and O–H groups in total. The molecule has 0 aliphatic carbocycles. The molecule has 3 atom stereocenters. The Morgan fingerprint density at radius 3 is 1.90 bits per heavy atom. The molecule has 39 heavy (non-hydrogen) atoms. The fraction of sp³-hybridized carbons (Fsp3) is 0.645. The second kappa shape index (κ2) is 20.2. The first-order valence-electron chi connectivity index (χ1n) is 14.5. The van der Waals surface area contributed by atoms with Gasteiger partial charge in [0.05, 0.1) is 18.9 Å². The van der Waals surface area contributed by atoms with Crippen LogP contribution < -0.4 is 5.32 Å². The van der Waals surface area contributed by atoms with E-state index in [0.29, 0.717) is 12.0 Å². The molecule has 1 rings (SSSR count). The Balaban J connectivity index is 2.62. The first-order valence-corrected chi connectivity index (χ1v) is 14.5. The molecule has 8 heteroatoms. The van der Waals surface area contributed by atoms with Crippen molar-refractivity contribution in [1.82, 2.24) is 5.32 Å². The van der Waals surface area contributed by atoms with Gasteiger partial charge in [0.25, 0.3) is 0 Å². The third-order valence-corrected chi connectivity index (χ3v) is 7.04. The number of aliphatic carboxylic acids is 2. The van der Waals surface area contributed by atoms with Crippen LogP contribution in [0.1, 0.15) is 102 Å². The number of carbonyl (C=O) groups is 3. The number of allylic oxidation sites excluding steroid dienone is 1. The second-order valence-electron chi connectivity index (χ2n) is 10.5. The molecule has 1 amide bonds. The third kappa shape index (κ3) is 14.9. The maximum absolute atomic E-state index is 13.1. The fourth-order valence-corrected chi connectivity index (χ4v) is 4.68. The highest BCUT2D eigenvalue weighted by Crippen LogP contribution is 2.25. The van der Waals surface area contributed by atoms with E-state index < -0.39 is 48.4 Å². The molecule has 1 aromatic rings. The predicted molar refractivity (Wildman–Crippen MR) is 152 cm³/mol. The van der Waals surface area contributed by atoms with E-state index in [-0.39, 0.29) is 6.42 Å². The summed E-state index contributed by atoms with van der Waals surface area (Å²) in [7, 11) is 0. The molecule has 0 radical (unpaired) electrons. The zero-order valence-electron chi connectivity index (χ0n) is 23.5. The number of aliphatic hydroxyl groups is 2. The van der Waals surface area contributed by atoms with Crippen LogP contribution in [0.5, 0.6) is 0 Å². The van der Waals surface area contributed by atoms with Gasteiger partial charge < -0.3 is 25.7 Å². The number of unbranched alkanes of at least 4 members (excludes halogenated alkanes) is 12. The van der Waals surface area contributed by atoms with E-state index in [1.54, 1.807) is 36.4 Å². The molecule has 0 saturated carbocycles. The number of carboxylic acid groups (broad SMARTS) is 2. The van der Waals surface area contributed by atoms with Gasteiger partial charge in [-0.25, -0.2) is 4.79 Å². The summed E-state index contributed by atoms with van der Waals surface area (Å²) in [6.45, 7) is 1.26. The van der Waals surface area contributed by atoms with Crippen LogP contribution in [-0.2, 0) is 20.8 Å². The summed E-state index contributed by atoms with van der Waals surface area (Å²) < 4.78 is 0. The predicted octanol–water partition coefficient (Wildman–Crippen LogP) is 5.26. The van der Waals surface area contributed by atoms with E-state index in [1.165, 1.54) is 63.9 Å². The van der Waals surface area contributed by atoms with Gasteiger partial charge in [0.15, 0.2) is 0 Å². The van der Waals surface area contributed by atoms with Crippen molar-refractivity contribution < 1.29 is 34.8 Å². The van der Waals surface area contributed by atoms with Crippen molar-refractivity contribution in [3.05, 3.63) is 48.0 Å². The maximum atomic E-state index is 13.1. The summed E-state index contributed by atoms with van der Waals surface area (Å²) in [6, 6.07) is 7.51. The van der Waals surface area contributed by atoms with Crippen molar-refractivity contribution in [1.29, 1.82) is 0 Å². The van der Waals surface area contributed by atoms with E-state index in [4.69, 9.17) is 0 Å². The Bertz CT molecular complexity index is 858. The van der Waals surface area contributed by atoms with Crippen LogP contribution >= 0.6 is 0 Å². The molecule has 0 spiro atoms. The van der Waals surface area contributed by atoms with E-state index in [9.17, 15) is 34.8 Å². The Morgan fingerprint density at radius 2 is 1.41 bits per heavy atom. The number of carboxylic acids is 2. The van der Waals surface area contributed by atoms with Crippen molar-refractivity contribution in [2.75, 3.05) is 6.61 Å². The van der Waals surface area contributed by atoms with Crippen molar-refractivity contribution in [2.24, 2.45) is 5.92 Å². The second-order valence-corrected chi connectivity index (χ2v) is 10.5. The molecule has 0 bridgehead atoms. The SMILES string of the molecule is CCCCCCCCCCCCCC/C=C/C(C(=O)NC(Cc1ccccc1)C(=O)O)C(O)(CO)CC(=O)O. The first kappa shape index (κ1) is 34.3. The number of rotatable bonds is 23. The minimum Gasteiger partial charge on any atom is -0.481 e. The Morgan fingerprint density at radius 1 is 0.872 bits per heavy atom. The van der Waals surface area contributed by atoms with Gasteiger partial charge in [-0.3, -0.25) is 9.59 Å². The molecule has 8 nitrogen and oxygen atoms in total. The first-order chi connectivity index (χ1) is 18.7. The molecule has 0 heterocycles. The highest BCUT2D eigenvalue weighted by molar-refractivity contribution is 5.87. The van der Waals surface area contributed by atoms with Gasteiger partial charge in [-0.05, 0) is 18.4 Å². The number of hydrogen-bond donors (Lipinski definition) is 5. The summed E-state index contributed by atoms with van der Waals surface area (Å²) in [5.74, 6) is -4.90. The maximum Gasteiger partial charge on any atom is 0.326 e. The van der Waals surface area contributed by atoms with Gasteiger partial charge in [0.2, 0.25) is 5.91 Å². The van der Waals surface area contributed by atoms with Crippen LogP contribution in [0.25, 0.3) is 0 Å². The zero-order valence-corrected chi connectivity index (χ0v) is 23.5. The quantitative estimate of drug-likeness (QED) is 0.0928. The van der Waals surface area contributed by atoms with Crippen LogP contribution in [0.4, 0.5) is 0 Å². The molecule has 1 aromatic carbocycles. The highest BCUT2D eigenvalue weighted by Gasteiger charge is 2.42. The van der Waals surface area contributed by atoms with Crippen LogP contribution in [0, 0.1) is 5.92 Å². The van der Waals surface area contributed by atoms with E-state index >= 15 is 0 Å². The molecule has 220 valence electrons. The van der Waals surface area contributed by atoms with Crippen molar-refractivity contribution in [3.63, 3.8) is 0 Å². The van der Waals surface area contributed by atoms with E-state index in [0.717, 1.165) is 19.3 Å². The topological polar surface area (TPSA) is 144 Å². The smallest absolute Gasteiger partial charge is 0.326 e. The van der Waals surface area contributed by atoms with Crippen molar-refractivity contribution in [3.8, 4) is 0 Å². The van der Waals surface area contributed by atoms with E-state index in [2.05, 4.69) is 12.2 Å². The Kier molecular flexibility index (Phi) is 17.8. The van der Waals surface area contributed by atoms with Crippen LogP contribution in [-0.4, -0.2) is 56.5 Å². The van der Waals surface area contributed by atoms with Gasteiger partial charge in [0.1, 0.15) is 11.6 Å². The lowest BCUT2D eigenvalue weighted by atomic mass is 9.83. The molecule has 0 aliphatic heterocycles. The third-order valence-electron chi connectivity index (χ3n) is 7.04. The average molecular weight is 548 g/mol. The van der Waals surface area contributed by atoms with Gasteiger partial charge in [-0.15, -0.1) is 0 Å². The lowest BCUT2D eigenvalue weighted by molar-refractivity contribution is -0.152. The summed E-state index contributed by atoms with van der Waals surface area (Å²) in [5.41, 5.74) is -1.56. The molecule has 0 aliphatic rings. The normalized spacial score (nSPS) is 14.5. The van der Waals surface area contributed by atoms with Crippen molar-refractivity contribution >= 4 is 17.8 Å². The molecular formula is C31H49NO7. The molecule has 0 fully saturated rings. The minimum atomic E-state index is -2.27. The van der Waals surface area contributed by atoms with Gasteiger partial charge in [0, 0.05) is 6.42 Å². The number of carbonyl (C=O) groups excluding carboxylic acids is 1. The molecule has 3 unspecified atom stereocenters. The summed E-state index contributed by atoms with van der Waals surface area (Å²) in [5, 5.41) is 42.0. The number of hydrogen-bond acceptors (Lipinski definition) is 5.